The highest BCUT2D eigenvalue weighted by Gasteiger charge is 2.55. The van der Waals surface area contributed by atoms with E-state index in [2.05, 4.69) is 6.58 Å². The third kappa shape index (κ3) is 0.530. The van der Waals surface area contributed by atoms with Crippen molar-refractivity contribution in [2.24, 2.45) is 5.41 Å². The Labute approximate surface area is 53.5 Å². The van der Waals surface area contributed by atoms with E-state index in [0.717, 1.165) is 19.3 Å². The summed E-state index contributed by atoms with van der Waals surface area (Å²) >= 11 is 0. The average Bonchev–Trinajstić information content (AvgIpc) is 2.42. The number of rotatable bonds is 0. The van der Waals surface area contributed by atoms with E-state index in [1.165, 1.54) is 0 Å². The molecule has 9 heavy (non-hydrogen) atoms. The molecule has 1 saturated carbocycles. The maximum absolute atomic E-state index is 10.9. The summed E-state index contributed by atoms with van der Waals surface area (Å²) in [5, 5.41) is 0. The predicted octanol–water partition coefficient (Wildman–Crippen LogP) is 1.23. The van der Waals surface area contributed by atoms with Gasteiger partial charge in [-0.2, -0.15) is 0 Å². The largest absolute Gasteiger partial charge is 0.431 e. The predicted molar refractivity (Wildman–Crippen MR) is 31.5 cm³/mol. The lowest BCUT2D eigenvalue weighted by molar-refractivity contribution is -0.140. The van der Waals surface area contributed by atoms with E-state index in [4.69, 9.17) is 4.74 Å². The monoisotopic (exact) mass is 124 g/mol. The minimum absolute atomic E-state index is 0.0486. The molecule has 2 rings (SSSR count). The minimum Gasteiger partial charge on any atom is -0.431 e. The first-order valence-corrected chi connectivity index (χ1v) is 3.13. The van der Waals surface area contributed by atoms with Crippen molar-refractivity contribution in [3.05, 3.63) is 12.3 Å². The van der Waals surface area contributed by atoms with Gasteiger partial charge >= 0.3 is 5.97 Å². The van der Waals surface area contributed by atoms with Crippen LogP contribution in [-0.2, 0) is 9.53 Å². The zero-order chi connectivity index (χ0) is 6.48. The number of allylic oxidation sites excluding steroid dienone is 1. The molecular weight excluding hydrogens is 116 g/mol. The molecule has 2 fully saturated rings. The molecule has 2 aliphatic rings. The van der Waals surface area contributed by atoms with Gasteiger partial charge in [-0.3, -0.25) is 4.79 Å². The molecule has 0 aromatic rings. The third-order valence-electron chi connectivity index (χ3n) is 2.06. The molecule has 0 unspecified atom stereocenters. The Balaban J connectivity index is 2.28. The Morgan fingerprint density at radius 2 is 2.22 bits per heavy atom. The van der Waals surface area contributed by atoms with Crippen LogP contribution in [0, 0.1) is 5.41 Å². The first-order chi connectivity index (χ1) is 4.23. The summed E-state index contributed by atoms with van der Waals surface area (Å²) in [6, 6.07) is 0. The molecule has 0 N–H and O–H groups in total. The fourth-order valence-electron chi connectivity index (χ4n) is 1.26. The van der Waals surface area contributed by atoms with Gasteiger partial charge in [0.15, 0.2) is 0 Å². The Morgan fingerprint density at radius 1 is 1.56 bits per heavy atom. The Bertz CT molecular complexity index is 189. The lowest BCUT2D eigenvalue weighted by atomic mass is 10.1. The molecule has 1 spiro atoms. The van der Waals surface area contributed by atoms with Gasteiger partial charge < -0.3 is 4.74 Å². The van der Waals surface area contributed by atoms with Crippen molar-refractivity contribution >= 4 is 5.97 Å². The highest BCUT2D eigenvalue weighted by atomic mass is 16.5. The molecule has 1 aliphatic heterocycles. The second kappa shape index (κ2) is 1.20. The molecule has 2 nitrogen and oxygen atoms in total. The highest BCUT2D eigenvalue weighted by Crippen LogP contribution is 2.55. The number of ether oxygens (including phenoxy) is 1. The molecule has 1 saturated heterocycles. The summed E-state index contributed by atoms with van der Waals surface area (Å²) in [5.74, 6) is 0.602. The van der Waals surface area contributed by atoms with E-state index in [0.29, 0.717) is 5.76 Å². The van der Waals surface area contributed by atoms with Gasteiger partial charge in [0.2, 0.25) is 0 Å². The van der Waals surface area contributed by atoms with Crippen molar-refractivity contribution < 1.29 is 9.53 Å². The quantitative estimate of drug-likeness (QED) is 0.454. The summed E-state index contributed by atoms with van der Waals surface area (Å²) in [4.78, 5) is 10.9. The van der Waals surface area contributed by atoms with Crippen molar-refractivity contribution in [3.63, 3.8) is 0 Å². The van der Waals surface area contributed by atoms with Crippen LogP contribution in [0.25, 0.3) is 0 Å². The summed E-state index contributed by atoms with van der Waals surface area (Å²) in [6.45, 7) is 3.60. The third-order valence-corrected chi connectivity index (χ3v) is 2.06. The number of esters is 1. The smallest absolute Gasteiger partial charge is 0.317 e. The second-order valence-electron chi connectivity index (χ2n) is 2.89. The van der Waals surface area contributed by atoms with Gasteiger partial charge in [0, 0.05) is 6.42 Å². The summed E-state index contributed by atoms with van der Waals surface area (Å²) in [5.41, 5.74) is -0.0862. The van der Waals surface area contributed by atoms with Crippen LogP contribution in [0.5, 0.6) is 0 Å². The molecular formula is C7H8O2. The second-order valence-corrected chi connectivity index (χ2v) is 2.89. The lowest BCUT2D eigenvalue weighted by Gasteiger charge is -1.92. The van der Waals surface area contributed by atoms with Crippen LogP contribution in [0.2, 0.25) is 0 Å². The molecule has 1 heterocycles. The van der Waals surface area contributed by atoms with E-state index in [-0.39, 0.29) is 11.4 Å². The molecule has 0 atom stereocenters. The van der Waals surface area contributed by atoms with Gasteiger partial charge in [0.05, 0.1) is 5.41 Å². The van der Waals surface area contributed by atoms with E-state index in [1.807, 2.05) is 0 Å². The maximum atomic E-state index is 10.9. The van der Waals surface area contributed by atoms with E-state index < -0.39 is 0 Å². The minimum atomic E-state index is -0.0862. The zero-order valence-electron chi connectivity index (χ0n) is 5.14. The van der Waals surface area contributed by atoms with Gasteiger partial charge in [-0.1, -0.05) is 6.58 Å². The van der Waals surface area contributed by atoms with Gasteiger partial charge in [-0.15, -0.1) is 0 Å². The molecule has 0 aromatic carbocycles. The van der Waals surface area contributed by atoms with Gasteiger partial charge in [0.25, 0.3) is 0 Å². The normalized spacial score (nSPS) is 28.9. The number of cyclic esters (lactones) is 1. The van der Waals surface area contributed by atoms with Gasteiger partial charge in [0.1, 0.15) is 5.76 Å². The fourth-order valence-corrected chi connectivity index (χ4v) is 1.26. The fraction of sp³-hybridized carbons (Fsp3) is 0.571. The maximum Gasteiger partial charge on any atom is 0.317 e. The molecule has 0 bridgehead atoms. The van der Waals surface area contributed by atoms with Crippen LogP contribution >= 0.6 is 0 Å². The van der Waals surface area contributed by atoms with Gasteiger partial charge in [-0.25, -0.2) is 0 Å². The number of hydrogen-bond acceptors (Lipinski definition) is 2. The van der Waals surface area contributed by atoms with E-state index >= 15 is 0 Å². The summed E-state index contributed by atoms with van der Waals surface area (Å²) in [7, 11) is 0. The highest BCUT2D eigenvalue weighted by molar-refractivity contribution is 5.83. The summed E-state index contributed by atoms with van der Waals surface area (Å²) < 4.78 is 4.81. The van der Waals surface area contributed by atoms with Crippen molar-refractivity contribution in [3.8, 4) is 0 Å². The van der Waals surface area contributed by atoms with Crippen LogP contribution < -0.4 is 0 Å². The Hall–Kier alpha value is -0.790. The Morgan fingerprint density at radius 3 is 2.44 bits per heavy atom. The lowest BCUT2D eigenvalue weighted by Crippen LogP contribution is -2.06. The van der Waals surface area contributed by atoms with Gasteiger partial charge in [-0.05, 0) is 12.8 Å². The first kappa shape index (κ1) is 5.03. The zero-order valence-corrected chi connectivity index (χ0v) is 5.14. The number of carbonyl (C=O) groups excluding carboxylic acids is 1. The average molecular weight is 124 g/mol. The van der Waals surface area contributed by atoms with E-state index in [9.17, 15) is 4.79 Å². The van der Waals surface area contributed by atoms with Crippen LogP contribution in [0.1, 0.15) is 19.3 Å². The van der Waals surface area contributed by atoms with Crippen LogP contribution in [-0.4, -0.2) is 5.97 Å². The topological polar surface area (TPSA) is 26.3 Å². The molecule has 0 amide bonds. The van der Waals surface area contributed by atoms with Crippen LogP contribution in [0.3, 0.4) is 0 Å². The number of hydrogen-bond donors (Lipinski definition) is 0. The van der Waals surface area contributed by atoms with E-state index in [1.54, 1.807) is 0 Å². The van der Waals surface area contributed by atoms with Crippen molar-refractivity contribution in [1.82, 2.24) is 0 Å². The SMILES string of the molecule is C=C1CC2(CC2)C(=O)O1. The van der Waals surface area contributed by atoms with Crippen molar-refractivity contribution in [2.45, 2.75) is 19.3 Å². The van der Waals surface area contributed by atoms with Crippen molar-refractivity contribution in [1.29, 1.82) is 0 Å². The molecule has 1 aliphatic carbocycles. The first-order valence-electron chi connectivity index (χ1n) is 3.13. The summed E-state index contributed by atoms with van der Waals surface area (Å²) in [6.07, 6.45) is 2.78. The van der Waals surface area contributed by atoms with Crippen LogP contribution in [0.15, 0.2) is 12.3 Å². The molecule has 2 heteroatoms. The molecule has 0 radical (unpaired) electrons. The molecule has 0 aromatic heterocycles. The Kier molecular flexibility index (Phi) is 0.672. The molecule has 48 valence electrons. The van der Waals surface area contributed by atoms with Crippen molar-refractivity contribution in [2.75, 3.05) is 0 Å². The number of carbonyl (C=O) groups is 1. The van der Waals surface area contributed by atoms with Crippen LogP contribution in [0.4, 0.5) is 0 Å². The standard InChI is InChI=1S/C7H8O2/c1-5-4-7(2-3-7)6(8)9-5/h1-4H2.